The summed E-state index contributed by atoms with van der Waals surface area (Å²) in [6, 6.07) is 15.7. The number of aromatic nitrogens is 1. The Bertz CT molecular complexity index is 1080. The van der Waals surface area contributed by atoms with Crippen molar-refractivity contribution in [2.45, 2.75) is 19.8 Å². The molecule has 0 saturated carbocycles. The highest BCUT2D eigenvalue weighted by Crippen LogP contribution is 2.26. The highest BCUT2D eigenvalue weighted by molar-refractivity contribution is 5.96. The molecular weight excluding hydrogens is 362 g/mol. The van der Waals surface area contributed by atoms with Gasteiger partial charge in [0.2, 0.25) is 5.91 Å². The van der Waals surface area contributed by atoms with Crippen molar-refractivity contribution in [1.29, 1.82) is 0 Å². The van der Waals surface area contributed by atoms with Crippen LogP contribution in [-0.2, 0) is 0 Å². The summed E-state index contributed by atoms with van der Waals surface area (Å²) in [6.07, 6.45) is 5.42. The van der Waals surface area contributed by atoms with Crippen LogP contribution in [0.5, 0.6) is 0 Å². The topological polar surface area (TPSA) is 63.1 Å². The van der Waals surface area contributed by atoms with Crippen molar-refractivity contribution in [1.82, 2.24) is 15.2 Å². The Morgan fingerprint density at radius 1 is 1.07 bits per heavy atom. The maximum atomic E-state index is 12.4. The van der Waals surface area contributed by atoms with E-state index in [-0.39, 0.29) is 11.8 Å². The Labute approximate surface area is 170 Å². The van der Waals surface area contributed by atoms with Gasteiger partial charge in [-0.1, -0.05) is 36.8 Å². The van der Waals surface area contributed by atoms with E-state index in [0.29, 0.717) is 18.5 Å². The maximum absolute atomic E-state index is 12.4. The zero-order valence-corrected chi connectivity index (χ0v) is 16.6. The molecule has 2 N–H and O–H groups in total. The van der Waals surface area contributed by atoms with Crippen LogP contribution >= 0.6 is 0 Å². The quantitative estimate of drug-likeness (QED) is 0.650. The lowest BCUT2D eigenvalue weighted by atomic mass is 10.0. The monoisotopic (exact) mass is 387 g/mol. The van der Waals surface area contributed by atoms with Crippen LogP contribution in [-0.4, -0.2) is 36.0 Å². The molecule has 0 unspecified atom stereocenters. The van der Waals surface area contributed by atoms with Gasteiger partial charge in [0.15, 0.2) is 0 Å². The molecule has 1 aromatic heterocycles. The minimum absolute atomic E-state index is 0.0541. The molecular formula is C24H25N3O2. The molecule has 148 valence electrons. The van der Waals surface area contributed by atoms with Gasteiger partial charge in [0.05, 0.1) is 5.52 Å². The first-order valence-electron chi connectivity index (χ1n) is 10.1. The molecule has 0 radical (unpaired) electrons. The van der Waals surface area contributed by atoms with Crippen LogP contribution in [0.1, 0.15) is 34.9 Å². The molecule has 0 atom stereocenters. The second-order valence-corrected chi connectivity index (χ2v) is 7.28. The molecule has 0 saturated heterocycles. The lowest BCUT2D eigenvalue weighted by Gasteiger charge is -2.14. The molecule has 1 aliphatic rings. The number of carbonyl (C=O) groups is 2. The molecule has 0 aliphatic carbocycles. The third-order valence-corrected chi connectivity index (χ3v) is 5.38. The van der Waals surface area contributed by atoms with E-state index < -0.39 is 0 Å². The van der Waals surface area contributed by atoms with E-state index in [1.54, 1.807) is 4.57 Å². The van der Waals surface area contributed by atoms with Crippen molar-refractivity contribution in [3.05, 3.63) is 71.9 Å². The number of amides is 1. The first kappa shape index (κ1) is 19.2. The number of hydrogen-bond acceptors (Lipinski definition) is 3. The molecule has 29 heavy (non-hydrogen) atoms. The molecule has 5 heteroatoms. The van der Waals surface area contributed by atoms with Crippen LogP contribution < -0.4 is 10.6 Å². The van der Waals surface area contributed by atoms with Crippen LogP contribution in [0.3, 0.4) is 0 Å². The van der Waals surface area contributed by atoms with Crippen LogP contribution in [0.25, 0.3) is 22.0 Å². The number of hydrogen-bond donors (Lipinski definition) is 2. The van der Waals surface area contributed by atoms with Gasteiger partial charge in [0.1, 0.15) is 0 Å². The van der Waals surface area contributed by atoms with Gasteiger partial charge >= 0.3 is 0 Å². The number of fused-ring (bicyclic) bond motifs is 1. The van der Waals surface area contributed by atoms with Gasteiger partial charge < -0.3 is 10.6 Å². The zero-order valence-electron chi connectivity index (χ0n) is 16.6. The Kier molecular flexibility index (Phi) is 5.58. The van der Waals surface area contributed by atoms with Gasteiger partial charge in [-0.15, -0.1) is 0 Å². The largest absolute Gasteiger partial charge is 0.348 e. The predicted octanol–water partition coefficient (Wildman–Crippen LogP) is 4.01. The summed E-state index contributed by atoms with van der Waals surface area (Å²) in [5.74, 6) is 0.0324. The van der Waals surface area contributed by atoms with Crippen molar-refractivity contribution in [2.24, 2.45) is 0 Å². The minimum Gasteiger partial charge on any atom is -0.348 e. The van der Waals surface area contributed by atoms with Gasteiger partial charge in [0, 0.05) is 36.7 Å². The van der Waals surface area contributed by atoms with Crippen LogP contribution in [0, 0.1) is 0 Å². The van der Waals surface area contributed by atoms with E-state index in [1.807, 2.05) is 55.6 Å². The predicted molar refractivity (Wildman–Crippen MR) is 116 cm³/mol. The summed E-state index contributed by atoms with van der Waals surface area (Å²) in [6.45, 7) is 4.31. The van der Waals surface area contributed by atoms with Crippen molar-refractivity contribution >= 4 is 22.7 Å². The number of carbonyl (C=O) groups excluding carboxylic acids is 2. The van der Waals surface area contributed by atoms with E-state index in [4.69, 9.17) is 0 Å². The fourth-order valence-electron chi connectivity index (χ4n) is 3.65. The summed E-state index contributed by atoms with van der Waals surface area (Å²) >= 11 is 0. The SMILES string of the molecule is CCC(=O)n1ccc2cc(-c3ccc(C(=O)NCC4=CCNCC4)cc3)ccc21. The third kappa shape index (κ3) is 4.15. The lowest BCUT2D eigenvalue weighted by Crippen LogP contribution is -2.29. The highest BCUT2D eigenvalue weighted by atomic mass is 16.2. The number of benzene rings is 2. The third-order valence-electron chi connectivity index (χ3n) is 5.38. The van der Waals surface area contributed by atoms with Crippen molar-refractivity contribution in [3.8, 4) is 11.1 Å². The molecule has 2 heterocycles. The van der Waals surface area contributed by atoms with E-state index in [2.05, 4.69) is 22.8 Å². The average Bonchev–Trinajstić information content (AvgIpc) is 3.21. The van der Waals surface area contributed by atoms with Gasteiger partial charge in [-0.05, 0) is 54.4 Å². The molecule has 0 spiro atoms. The summed E-state index contributed by atoms with van der Waals surface area (Å²) in [4.78, 5) is 24.4. The van der Waals surface area contributed by atoms with Gasteiger partial charge in [0.25, 0.3) is 5.91 Å². The first-order valence-corrected chi connectivity index (χ1v) is 10.1. The van der Waals surface area contributed by atoms with Crippen LogP contribution in [0.4, 0.5) is 0 Å². The molecule has 1 aliphatic heterocycles. The van der Waals surface area contributed by atoms with Crippen LogP contribution in [0.15, 0.2) is 66.4 Å². The Balaban J connectivity index is 1.47. The van der Waals surface area contributed by atoms with Gasteiger partial charge in [-0.25, -0.2) is 0 Å². The van der Waals surface area contributed by atoms with E-state index in [1.165, 1.54) is 5.57 Å². The summed E-state index contributed by atoms with van der Waals surface area (Å²) in [5.41, 5.74) is 4.95. The summed E-state index contributed by atoms with van der Waals surface area (Å²) in [7, 11) is 0. The zero-order chi connectivity index (χ0) is 20.2. The van der Waals surface area contributed by atoms with E-state index >= 15 is 0 Å². The highest BCUT2D eigenvalue weighted by Gasteiger charge is 2.10. The molecule has 2 aromatic carbocycles. The first-order chi connectivity index (χ1) is 14.2. The summed E-state index contributed by atoms with van der Waals surface area (Å²) < 4.78 is 1.70. The fourth-order valence-corrected chi connectivity index (χ4v) is 3.65. The number of nitrogens with zero attached hydrogens (tertiary/aromatic N) is 1. The standard InChI is InChI=1S/C24H25N3O2/c1-2-23(28)27-14-11-21-15-20(7-8-22(21)27)18-3-5-19(6-4-18)24(29)26-16-17-9-12-25-13-10-17/h3-9,11,14-15,25H,2,10,12-13,16H2,1H3,(H,26,29). The lowest BCUT2D eigenvalue weighted by molar-refractivity contribution is 0.0912. The molecule has 0 bridgehead atoms. The van der Waals surface area contributed by atoms with Crippen LogP contribution in [0.2, 0.25) is 0 Å². The molecule has 3 aromatic rings. The molecule has 0 fully saturated rings. The second kappa shape index (κ2) is 8.45. The van der Waals surface area contributed by atoms with E-state index in [9.17, 15) is 9.59 Å². The Hall–Kier alpha value is -3.18. The molecule has 5 nitrogen and oxygen atoms in total. The fraction of sp³-hybridized carbons (Fsp3) is 0.250. The maximum Gasteiger partial charge on any atom is 0.251 e. The van der Waals surface area contributed by atoms with Crippen molar-refractivity contribution < 1.29 is 9.59 Å². The molecule has 1 amide bonds. The number of rotatable bonds is 5. The number of nitrogens with one attached hydrogen (secondary N) is 2. The smallest absolute Gasteiger partial charge is 0.251 e. The average molecular weight is 387 g/mol. The minimum atomic E-state index is -0.0541. The van der Waals surface area contributed by atoms with Gasteiger partial charge in [-0.2, -0.15) is 0 Å². The Morgan fingerprint density at radius 2 is 1.86 bits per heavy atom. The van der Waals surface area contributed by atoms with E-state index in [0.717, 1.165) is 41.5 Å². The van der Waals surface area contributed by atoms with Gasteiger partial charge in [-0.3, -0.25) is 14.2 Å². The summed E-state index contributed by atoms with van der Waals surface area (Å²) in [5, 5.41) is 7.30. The van der Waals surface area contributed by atoms with Crippen molar-refractivity contribution in [3.63, 3.8) is 0 Å². The van der Waals surface area contributed by atoms with Crippen molar-refractivity contribution in [2.75, 3.05) is 19.6 Å². The Morgan fingerprint density at radius 3 is 2.59 bits per heavy atom. The second-order valence-electron chi connectivity index (χ2n) is 7.28. The molecule has 4 rings (SSSR count). The normalized spacial score (nSPS) is 13.9.